The molecule has 0 saturated carbocycles. The van der Waals surface area contributed by atoms with Gasteiger partial charge in [-0.2, -0.15) is 0 Å². The number of nitrogen functional groups attached to an aromatic ring is 1. The number of hydrogen-bond acceptors (Lipinski definition) is 2. The third-order valence-electron chi connectivity index (χ3n) is 1.81. The molecule has 11 heavy (non-hydrogen) atoms. The summed E-state index contributed by atoms with van der Waals surface area (Å²) in [6.45, 7) is 1.95. The molecule has 56 valence electrons. The molecule has 0 saturated heterocycles. The van der Waals surface area contributed by atoms with E-state index in [1.54, 1.807) is 0 Å². The number of nitrogens with two attached hydrogens (primary N) is 1. The lowest BCUT2D eigenvalue weighted by Gasteiger charge is -1.92. The first-order valence-electron chi connectivity index (χ1n) is 3.48. The molecule has 0 amide bonds. The van der Waals surface area contributed by atoms with Crippen LogP contribution in [0.1, 0.15) is 5.69 Å². The summed E-state index contributed by atoms with van der Waals surface area (Å²) in [4.78, 5) is 4.15. The van der Waals surface area contributed by atoms with Crippen LogP contribution in [0.4, 0.5) is 5.82 Å². The molecule has 3 heteroatoms. The van der Waals surface area contributed by atoms with Crippen LogP contribution in [-0.2, 0) is 0 Å². The van der Waals surface area contributed by atoms with Crippen LogP contribution in [0, 0.1) is 6.92 Å². The van der Waals surface area contributed by atoms with Crippen LogP contribution in [0.5, 0.6) is 0 Å². The molecule has 2 aromatic rings. The van der Waals surface area contributed by atoms with Gasteiger partial charge in [0.15, 0.2) is 0 Å². The standard InChI is InChI=1S/C8H9N3/c1-6-8(9)10-7-4-2-3-5-11(6)7/h2-5H,9H2,1H3. The minimum absolute atomic E-state index is 0.608. The number of pyridine rings is 1. The lowest BCUT2D eigenvalue weighted by atomic mass is 10.4. The Morgan fingerprint density at radius 2 is 2.27 bits per heavy atom. The zero-order valence-corrected chi connectivity index (χ0v) is 6.28. The number of rotatable bonds is 0. The van der Waals surface area contributed by atoms with Crippen molar-refractivity contribution in [2.24, 2.45) is 0 Å². The largest absolute Gasteiger partial charge is 0.382 e. The smallest absolute Gasteiger partial charge is 0.145 e. The van der Waals surface area contributed by atoms with E-state index in [1.165, 1.54) is 0 Å². The van der Waals surface area contributed by atoms with Crippen LogP contribution >= 0.6 is 0 Å². The fraction of sp³-hybridized carbons (Fsp3) is 0.125. The molecule has 0 atom stereocenters. The number of nitrogens with zero attached hydrogens (tertiary/aromatic N) is 2. The Kier molecular flexibility index (Phi) is 1.12. The van der Waals surface area contributed by atoms with E-state index in [1.807, 2.05) is 35.7 Å². The van der Waals surface area contributed by atoms with E-state index in [-0.39, 0.29) is 0 Å². The summed E-state index contributed by atoms with van der Waals surface area (Å²) < 4.78 is 1.97. The minimum atomic E-state index is 0.608. The zero-order valence-electron chi connectivity index (χ0n) is 6.28. The monoisotopic (exact) mass is 147 g/mol. The number of aryl methyl sites for hydroxylation is 1. The van der Waals surface area contributed by atoms with Gasteiger partial charge in [0.25, 0.3) is 0 Å². The molecule has 0 radical (unpaired) electrons. The van der Waals surface area contributed by atoms with Gasteiger partial charge in [-0.15, -0.1) is 0 Å². The van der Waals surface area contributed by atoms with Gasteiger partial charge in [-0.1, -0.05) is 6.07 Å². The molecular weight excluding hydrogens is 138 g/mol. The molecule has 0 bridgehead atoms. The van der Waals surface area contributed by atoms with E-state index in [0.717, 1.165) is 11.3 Å². The first-order chi connectivity index (χ1) is 5.29. The molecule has 2 aromatic heterocycles. The molecule has 2 N–H and O–H groups in total. The minimum Gasteiger partial charge on any atom is -0.382 e. The van der Waals surface area contributed by atoms with Crippen LogP contribution < -0.4 is 5.73 Å². The van der Waals surface area contributed by atoms with Crippen molar-refractivity contribution in [3.05, 3.63) is 30.1 Å². The highest BCUT2D eigenvalue weighted by Crippen LogP contribution is 2.11. The molecule has 2 rings (SSSR count). The highest BCUT2D eigenvalue weighted by Gasteiger charge is 2.01. The van der Waals surface area contributed by atoms with Crippen molar-refractivity contribution < 1.29 is 0 Å². The van der Waals surface area contributed by atoms with Crippen molar-refractivity contribution in [1.29, 1.82) is 0 Å². The van der Waals surface area contributed by atoms with E-state index >= 15 is 0 Å². The number of anilines is 1. The van der Waals surface area contributed by atoms with E-state index in [0.29, 0.717) is 5.82 Å². The summed E-state index contributed by atoms with van der Waals surface area (Å²) in [6.07, 6.45) is 1.95. The molecule has 2 heterocycles. The molecule has 3 nitrogen and oxygen atoms in total. The number of imidazole rings is 1. The SMILES string of the molecule is Cc1c(N)nc2ccccn12. The first-order valence-corrected chi connectivity index (χ1v) is 3.48. The van der Waals surface area contributed by atoms with Crippen molar-refractivity contribution in [1.82, 2.24) is 9.38 Å². The normalized spacial score (nSPS) is 10.6. The second-order valence-electron chi connectivity index (χ2n) is 2.51. The van der Waals surface area contributed by atoms with Crippen molar-refractivity contribution in [2.45, 2.75) is 6.92 Å². The van der Waals surface area contributed by atoms with Crippen LogP contribution in [0.25, 0.3) is 5.65 Å². The highest BCUT2D eigenvalue weighted by atomic mass is 15.1. The highest BCUT2D eigenvalue weighted by molar-refractivity contribution is 5.50. The number of aromatic nitrogens is 2. The van der Waals surface area contributed by atoms with Crippen LogP contribution in [-0.4, -0.2) is 9.38 Å². The van der Waals surface area contributed by atoms with E-state index in [2.05, 4.69) is 4.98 Å². The van der Waals surface area contributed by atoms with Gasteiger partial charge < -0.3 is 10.1 Å². The van der Waals surface area contributed by atoms with Crippen molar-refractivity contribution in [3.8, 4) is 0 Å². The molecular formula is C8H9N3. The van der Waals surface area contributed by atoms with Gasteiger partial charge in [0.2, 0.25) is 0 Å². The quantitative estimate of drug-likeness (QED) is 0.609. The Balaban J connectivity index is 2.92. The molecule has 0 aliphatic heterocycles. The van der Waals surface area contributed by atoms with Crippen molar-refractivity contribution >= 4 is 11.5 Å². The number of fused-ring (bicyclic) bond motifs is 1. The van der Waals surface area contributed by atoms with Gasteiger partial charge in [0.05, 0.1) is 5.69 Å². The van der Waals surface area contributed by atoms with Crippen LogP contribution in [0.15, 0.2) is 24.4 Å². The number of hydrogen-bond donors (Lipinski definition) is 1. The Labute approximate surface area is 64.5 Å². The Hall–Kier alpha value is -1.51. The maximum absolute atomic E-state index is 5.62. The van der Waals surface area contributed by atoms with Gasteiger partial charge in [-0.25, -0.2) is 4.98 Å². The van der Waals surface area contributed by atoms with Crippen molar-refractivity contribution in [2.75, 3.05) is 5.73 Å². The Bertz CT molecular complexity index is 389. The lowest BCUT2D eigenvalue weighted by Crippen LogP contribution is -1.88. The molecule has 0 fully saturated rings. The predicted molar refractivity (Wildman–Crippen MR) is 44.3 cm³/mol. The van der Waals surface area contributed by atoms with Gasteiger partial charge in [0, 0.05) is 6.20 Å². The second kappa shape index (κ2) is 1.99. The Morgan fingerprint density at radius 3 is 3.00 bits per heavy atom. The molecule has 0 unspecified atom stereocenters. The topological polar surface area (TPSA) is 43.3 Å². The molecule has 0 spiro atoms. The summed E-state index contributed by atoms with van der Waals surface area (Å²) in [6, 6.07) is 5.84. The van der Waals surface area contributed by atoms with Gasteiger partial charge in [-0.05, 0) is 19.1 Å². The summed E-state index contributed by atoms with van der Waals surface area (Å²) in [5.74, 6) is 0.608. The fourth-order valence-corrected chi connectivity index (χ4v) is 1.14. The maximum atomic E-state index is 5.62. The molecule has 0 aromatic carbocycles. The van der Waals surface area contributed by atoms with E-state index in [4.69, 9.17) is 5.73 Å². The third-order valence-corrected chi connectivity index (χ3v) is 1.81. The first kappa shape index (κ1) is 6.22. The average molecular weight is 147 g/mol. The summed E-state index contributed by atoms with van der Waals surface area (Å²) in [5.41, 5.74) is 7.53. The van der Waals surface area contributed by atoms with Gasteiger partial charge in [-0.3, -0.25) is 0 Å². The summed E-state index contributed by atoms with van der Waals surface area (Å²) in [5, 5.41) is 0. The van der Waals surface area contributed by atoms with Crippen LogP contribution in [0.3, 0.4) is 0 Å². The second-order valence-corrected chi connectivity index (χ2v) is 2.51. The van der Waals surface area contributed by atoms with E-state index in [9.17, 15) is 0 Å². The van der Waals surface area contributed by atoms with E-state index < -0.39 is 0 Å². The predicted octanol–water partition coefficient (Wildman–Crippen LogP) is 1.22. The molecule has 0 aliphatic rings. The van der Waals surface area contributed by atoms with Crippen molar-refractivity contribution in [3.63, 3.8) is 0 Å². The van der Waals surface area contributed by atoms with Gasteiger partial charge in [0.1, 0.15) is 11.5 Å². The zero-order chi connectivity index (χ0) is 7.84. The van der Waals surface area contributed by atoms with Gasteiger partial charge >= 0.3 is 0 Å². The molecule has 0 aliphatic carbocycles. The Morgan fingerprint density at radius 1 is 1.45 bits per heavy atom. The maximum Gasteiger partial charge on any atom is 0.145 e. The average Bonchev–Trinajstić information content (AvgIpc) is 2.30. The lowest BCUT2D eigenvalue weighted by molar-refractivity contribution is 1.11. The fourth-order valence-electron chi connectivity index (χ4n) is 1.14. The third kappa shape index (κ3) is 0.774. The summed E-state index contributed by atoms with van der Waals surface area (Å²) >= 11 is 0. The summed E-state index contributed by atoms with van der Waals surface area (Å²) in [7, 11) is 0. The van der Waals surface area contributed by atoms with Crippen LogP contribution in [0.2, 0.25) is 0 Å².